The Kier molecular flexibility index (Phi) is 5.54. The van der Waals surface area contributed by atoms with Gasteiger partial charge in [0.1, 0.15) is 23.0 Å². The number of carbonyl (C=O) groups is 1. The summed E-state index contributed by atoms with van der Waals surface area (Å²) in [7, 11) is 0. The SMILES string of the molecule is N[C@@H](Cc1cc[nH]c(=O)c1)C(=O)OCc1cc(Cl)nc(Cl)c1. The molecule has 0 saturated carbocycles. The third-order valence-electron chi connectivity index (χ3n) is 2.80. The van der Waals surface area contributed by atoms with Crippen LogP contribution in [0.2, 0.25) is 10.3 Å². The lowest BCUT2D eigenvalue weighted by atomic mass is 10.1. The molecule has 0 fully saturated rings. The molecular weight excluding hydrogens is 329 g/mol. The van der Waals surface area contributed by atoms with Gasteiger partial charge in [0.05, 0.1) is 0 Å². The van der Waals surface area contributed by atoms with Crippen molar-refractivity contribution in [3.63, 3.8) is 0 Å². The highest BCUT2D eigenvalue weighted by Crippen LogP contribution is 2.15. The monoisotopic (exact) mass is 341 g/mol. The zero-order chi connectivity index (χ0) is 16.1. The molecular formula is C14H13Cl2N3O3. The highest BCUT2D eigenvalue weighted by Gasteiger charge is 2.16. The number of nitrogens with two attached hydrogens (primary N) is 1. The Morgan fingerprint density at radius 3 is 2.59 bits per heavy atom. The van der Waals surface area contributed by atoms with Gasteiger partial charge in [0.15, 0.2) is 0 Å². The van der Waals surface area contributed by atoms with Crippen LogP contribution in [0.1, 0.15) is 11.1 Å². The van der Waals surface area contributed by atoms with E-state index in [0.29, 0.717) is 11.1 Å². The van der Waals surface area contributed by atoms with Gasteiger partial charge >= 0.3 is 5.97 Å². The van der Waals surface area contributed by atoms with Crippen LogP contribution in [-0.2, 0) is 22.6 Å². The fourth-order valence-electron chi connectivity index (χ4n) is 1.81. The number of rotatable bonds is 5. The van der Waals surface area contributed by atoms with Gasteiger partial charge in [-0.3, -0.25) is 9.59 Å². The number of ether oxygens (including phenoxy) is 1. The molecule has 3 N–H and O–H groups in total. The van der Waals surface area contributed by atoms with E-state index in [2.05, 4.69) is 9.97 Å². The predicted octanol–water partition coefficient (Wildman–Crippen LogP) is 1.69. The maximum absolute atomic E-state index is 11.9. The summed E-state index contributed by atoms with van der Waals surface area (Å²) in [4.78, 5) is 29.3. The van der Waals surface area contributed by atoms with E-state index in [9.17, 15) is 9.59 Å². The molecule has 6 nitrogen and oxygen atoms in total. The smallest absolute Gasteiger partial charge is 0.323 e. The Morgan fingerprint density at radius 2 is 1.95 bits per heavy atom. The Labute approximate surface area is 136 Å². The quantitative estimate of drug-likeness (QED) is 0.636. The van der Waals surface area contributed by atoms with Crippen molar-refractivity contribution in [3.8, 4) is 0 Å². The molecule has 2 aromatic rings. The van der Waals surface area contributed by atoms with Crippen LogP contribution in [0.25, 0.3) is 0 Å². The summed E-state index contributed by atoms with van der Waals surface area (Å²) in [5.74, 6) is -0.579. The standard InChI is InChI=1S/C14H13Cl2N3O3/c15-11-4-9(5-12(16)19-11)7-22-14(21)10(17)3-8-1-2-18-13(20)6-8/h1-2,4-6,10H,3,7,17H2,(H,18,20)/t10-/m0/s1. The van der Waals surface area contributed by atoms with Crippen LogP contribution in [0.15, 0.2) is 35.3 Å². The second-order valence-corrected chi connectivity index (χ2v) is 5.37. The number of H-pyrrole nitrogens is 1. The summed E-state index contributed by atoms with van der Waals surface area (Å²) >= 11 is 11.5. The first-order valence-electron chi connectivity index (χ1n) is 6.36. The Balaban J connectivity index is 1.92. The average molecular weight is 342 g/mol. The van der Waals surface area contributed by atoms with E-state index in [-0.39, 0.29) is 28.9 Å². The number of nitrogens with one attached hydrogen (secondary N) is 1. The predicted molar refractivity (Wildman–Crippen MR) is 82.8 cm³/mol. The molecule has 2 aromatic heterocycles. The van der Waals surface area contributed by atoms with Crippen molar-refractivity contribution < 1.29 is 9.53 Å². The average Bonchev–Trinajstić information content (AvgIpc) is 2.43. The van der Waals surface area contributed by atoms with E-state index in [1.807, 2.05) is 0 Å². The first kappa shape index (κ1) is 16.5. The van der Waals surface area contributed by atoms with Gasteiger partial charge in [-0.15, -0.1) is 0 Å². The highest BCUT2D eigenvalue weighted by molar-refractivity contribution is 6.32. The van der Waals surface area contributed by atoms with Gasteiger partial charge in [-0.25, -0.2) is 4.98 Å². The minimum Gasteiger partial charge on any atom is -0.460 e. The fourth-order valence-corrected chi connectivity index (χ4v) is 2.32. The number of esters is 1. The van der Waals surface area contributed by atoms with Gasteiger partial charge in [0, 0.05) is 12.3 Å². The second-order valence-electron chi connectivity index (χ2n) is 4.60. The van der Waals surface area contributed by atoms with E-state index in [4.69, 9.17) is 33.7 Å². The van der Waals surface area contributed by atoms with E-state index in [0.717, 1.165) is 0 Å². The Bertz CT molecular complexity index is 713. The van der Waals surface area contributed by atoms with Crippen molar-refractivity contribution >= 4 is 29.2 Å². The molecule has 8 heteroatoms. The first-order chi connectivity index (χ1) is 10.4. The molecule has 0 saturated heterocycles. The van der Waals surface area contributed by atoms with Crippen LogP contribution in [0.5, 0.6) is 0 Å². The van der Waals surface area contributed by atoms with Crippen LogP contribution >= 0.6 is 23.2 Å². The second kappa shape index (κ2) is 7.40. The first-order valence-corrected chi connectivity index (χ1v) is 7.11. The fraction of sp³-hybridized carbons (Fsp3) is 0.214. The van der Waals surface area contributed by atoms with Gasteiger partial charge in [0.2, 0.25) is 5.56 Å². The van der Waals surface area contributed by atoms with Gasteiger partial charge < -0.3 is 15.5 Å². The normalized spacial score (nSPS) is 12.0. The van der Waals surface area contributed by atoms with Crippen molar-refractivity contribution in [3.05, 3.63) is 62.2 Å². The van der Waals surface area contributed by atoms with Crippen LogP contribution in [0.3, 0.4) is 0 Å². The molecule has 0 unspecified atom stereocenters. The van der Waals surface area contributed by atoms with Crippen molar-refractivity contribution in [2.45, 2.75) is 19.1 Å². The lowest BCUT2D eigenvalue weighted by Crippen LogP contribution is -2.34. The van der Waals surface area contributed by atoms with Gasteiger partial charge in [-0.05, 0) is 35.7 Å². The molecule has 0 aliphatic heterocycles. The Hall–Kier alpha value is -1.89. The molecule has 0 radical (unpaired) electrons. The van der Waals surface area contributed by atoms with Crippen molar-refractivity contribution in [2.75, 3.05) is 0 Å². The summed E-state index contributed by atoms with van der Waals surface area (Å²) < 4.78 is 5.11. The number of carbonyl (C=O) groups excluding carboxylic acids is 1. The molecule has 0 bridgehead atoms. The lowest BCUT2D eigenvalue weighted by molar-refractivity contribution is -0.146. The van der Waals surface area contributed by atoms with E-state index >= 15 is 0 Å². The third-order valence-corrected chi connectivity index (χ3v) is 3.19. The van der Waals surface area contributed by atoms with Crippen molar-refractivity contribution in [1.29, 1.82) is 0 Å². The van der Waals surface area contributed by atoms with E-state index < -0.39 is 12.0 Å². The van der Waals surface area contributed by atoms with Gasteiger partial charge in [-0.2, -0.15) is 0 Å². The molecule has 2 heterocycles. The van der Waals surface area contributed by atoms with Crippen LogP contribution in [0, 0.1) is 0 Å². The van der Waals surface area contributed by atoms with E-state index in [1.54, 1.807) is 18.2 Å². The summed E-state index contributed by atoms with van der Waals surface area (Å²) in [6.45, 7) is -0.0101. The van der Waals surface area contributed by atoms with Crippen LogP contribution in [-0.4, -0.2) is 22.0 Å². The number of hydrogen-bond acceptors (Lipinski definition) is 5. The molecule has 1 atom stereocenters. The number of hydrogen-bond donors (Lipinski definition) is 2. The maximum Gasteiger partial charge on any atom is 0.323 e. The lowest BCUT2D eigenvalue weighted by Gasteiger charge is -2.11. The van der Waals surface area contributed by atoms with Crippen molar-refractivity contribution in [1.82, 2.24) is 9.97 Å². The highest BCUT2D eigenvalue weighted by atomic mass is 35.5. The molecule has 0 amide bonds. The summed E-state index contributed by atoms with van der Waals surface area (Å²) in [5.41, 5.74) is 6.79. The summed E-state index contributed by atoms with van der Waals surface area (Å²) in [5, 5.41) is 0.428. The number of pyridine rings is 2. The number of aromatic nitrogens is 2. The van der Waals surface area contributed by atoms with Crippen molar-refractivity contribution in [2.24, 2.45) is 5.73 Å². The number of aromatic amines is 1. The van der Waals surface area contributed by atoms with Crippen LogP contribution < -0.4 is 11.3 Å². The largest absolute Gasteiger partial charge is 0.460 e. The minimum absolute atomic E-state index is 0.0101. The zero-order valence-electron chi connectivity index (χ0n) is 11.4. The third kappa shape index (κ3) is 4.84. The molecule has 0 spiro atoms. The molecule has 2 rings (SSSR count). The summed E-state index contributed by atoms with van der Waals surface area (Å²) in [6, 6.07) is 5.29. The van der Waals surface area contributed by atoms with Gasteiger partial charge in [-0.1, -0.05) is 23.2 Å². The van der Waals surface area contributed by atoms with Crippen LogP contribution in [0.4, 0.5) is 0 Å². The van der Waals surface area contributed by atoms with E-state index in [1.165, 1.54) is 12.3 Å². The topological polar surface area (TPSA) is 98.1 Å². The molecule has 0 aliphatic rings. The zero-order valence-corrected chi connectivity index (χ0v) is 12.9. The Morgan fingerprint density at radius 1 is 1.27 bits per heavy atom. The molecule has 22 heavy (non-hydrogen) atoms. The molecule has 0 aliphatic carbocycles. The number of nitrogens with zero attached hydrogens (tertiary/aromatic N) is 1. The van der Waals surface area contributed by atoms with Gasteiger partial charge in [0.25, 0.3) is 0 Å². The maximum atomic E-state index is 11.9. The minimum atomic E-state index is -0.866. The summed E-state index contributed by atoms with van der Waals surface area (Å²) in [6.07, 6.45) is 1.71. The molecule has 0 aromatic carbocycles. The number of halogens is 2. The molecule has 116 valence electrons.